The number of halogens is 2. The molecule has 164 valence electrons. The summed E-state index contributed by atoms with van der Waals surface area (Å²) < 4.78 is 0. The molecule has 0 atom stereocenters. The lowest BCUT2D eigenvalue weighted by atomic mass is 10.1. The molecule has 0 saturated heterocycles. The molecule has 0 bridgehead atoms. The number of nitrogens with one attached hydrogen (secondary N) is 1. The van der Waals surface area contributed by atoms with E-state index in [-0.39, 0.29) is 0 Å². The maximum Gasteiger partial charge on any atom is 0.0639 e. The van der Waals surface area contributed by atoms with Gasteiger partial charge in [-0.2, -0.15) is 0 Å². The van der Waals surface area contributed by atoms with Crippen LogP contribution in [-0.4, -0.2) is 37.3 Å². The summed E-state index contributed by atoms with van der Waals surface area (Å²) in [4.78, 5) is 7.08. The van der Waals surface area contributed by atoms with Crippen molar-refractivity contribution in [1.82, 2.24) is 10.2 Å². The lowest BCUT2D eigenvalue weighted by Crippen LogP contribution is -2.27. The van der Waals surface area contributed by atoms with E-state index in [0.29, 0.717) is 16.6 Å². The molecule has 0 heterocycles. The third kappa shape index (κ3) is 9.61. The quantitative estimate of drug-likeness (QED) is 0.260. The van der Waals surface area contributed by atoms with Gasteiger partial charge in [0.15, 0.2) is 0 Å². The number of aliphatic imine (C=N–C) groups is 1. The third-order valence-electron chi connectivity index (χ3n) is 4.98. The minimum atomic E-state index is 0.621. The molecule has 0 saturated carbocycles. The highest BCUT2D eigenvalue weighted by molar-refractivity contribution is 6.36. The summed E-state index contributed by atoms with van der Waals surface area (Å²) in [6.45, 7) is 10.8. The van der Waals surface area contributed by atoms with E-state index in [2.05, 4.69) is 53.3 Å². The molecule has 2 rings (SSSR count). The van der Waals surface area contributed by atoms with Gasteiger partial charge < -0.3 is 10.2 Å². The summed E-state index contributed by atoms with van der Waals surface area (Å²) in [5.74, 6) is 0. The molecule has 1 N–H and O–H groups in total. The second-order valence-corrected chi connectivity index (χ2v) is 8.52. The number of benzene rings is 2. The Morgan fingerprint density at radius 1 is 0.900 bits per heavy atom. The van der Waals surface area contributed by atoms with E-state index in [9.17, 15) is 0 Å². The minimum absolute atomic E-state index is 0.621. The molecule has 0 unspecified atom stereocenters. The first-order valence-corrected chi connectivity index (χ1v) is 11.8. The predicted molar refractivity (Wildman–Crippen MR) is 132 cm³/mol. The number of nitrogens with zero attached hydrogens (tertiary/aromatic N) is 2. The summed E-state index contributed by atoms with van der Waals surface area (Å²) in [5.41, 5.74) is 3.38. The van der Waals surface area contributed by atoms with Gasteiger partial charge >= 0.3 is 0 Å². The van der Waals surface area contributed by atoms with Crippen molar-refractivity contribution in [2.45, 2.75) is 52.6 Å². The number of hydrogen-bond donors (Lipinski definition) is 1. The summed E-state index contributed by atoms with van der Waals surface area (Å²) in [7, 11) is 0. The Hall–Kier alpha value is -1.39. The molecule has 5 heteroatoms. The zero-order valence-corrected chi connectivity index (χ0v) is 19.9. The first kappa shape index (κ1) is 24.9. The van der Waals surface area contributed by atoms with Crippen LogP contribution in [0.3, 0.4) is 0 Å². The molecular formula is C25H35Cl2N3. The van der Waals surface area contributed by atoms with Crippen LogP contribution in [0, 0.1) is 0 Å². The van der Waals surface area contributed by atoms with Crippen molar-refractivity contribution in [2.75, 3.05) is 26.2 Å². The maximum atomic E-state index is 6.17. The molecule has 2 aromatic carbocycles. The fourth-order valence-corrected chi connectivity index (χ4v) is 3.86. The van der Waals surface area contributed by atoms with Gasteiger partial charge in [0.05, 0.1) is 11.6 Å². The van der Waals surface area contributed by atoms with Gasteiger partial charge in [0.1, 0.15) is 0 Å². The molecule has 0 fully saturated rings. The van der Waals surface area contributed by atoms with Gasteiger partial charge in [-0.15, -0.1) is 0 Å². The van der Waals surface area contributed by atoms with Gasteiger partial charge in [-0.1, -0.05) is 67.4 Å². The zero-order valence-electron chi connectivity index (χ0n) is 18.3. The average molecular weight is 448 g/mol. The Balaban J connectivity index is 1.65. The number of rotatable bonds is 14. The van der Waals surface area contributed by atoms with E-state index >= 15 is 0 Å². The molecular weight excluding hydrogens is 413 g/mol. The Morgan fingerprint density at radius 3 is 2.27 bits per heavy atom. The normalized spacial score (nSPS) is 11.6. The van der Waals surface area contributed by atoms with Crippen molar-refractivity contribution >= 4 is 29.4 Å². The van der Waals surface area contributed by atoms with E-state index in [1.807, 2.05) is 12.1 Å². The standard InChI is InChI=1S/C25H35Cl2N3/c1-3-14-30(15-4-2)16-6-5-13-28-18-21-7-9-22(10-8-21)19-29-20-23-11-12-24(26)17-25(23)27/h7-12,17,20,28H,3-6,13-16,18-19H2,1-2H3. The lowest BCUT2D eigenvalue weighted by Gasteiger charge is -2.20. The largest absolute Gasteiger partial charge is 0.313 e. The van der Waals surface area contributed by atoms with Gasteiger partial charge in [0.2, 0.25) is 0 Å². The smallest absolute Gasteiger partial charge is 0.0639 e. The van der Waals surface area contributed by atoms with Crippen LogP contribution in [0.5, 0.6) is 0 Å². The van der Waals surface area contributed by atoms with E-state index < -0.39 is 0 Å². The summed E-state index contributed by atoms with van der Waals surface area (Å²) >= 11 is 12.1. The molecule has 2 aromatic rings. The van der Waals surface area contributed by atoms with Crippen LogP contribution in [0.25, 0.3) is 0 Å². The van der Waals surface area contributed by atoms with Crippen molar-refractivity contribution in [3.63, 3.8) is 0 Å². The minimum Gasteiger partial charge on any atom is -0.313 e. The molecule has 0 radical (unpaired) electrons. The van der Waals surface area contributed by atoms with Crippen LogP contribution >= 0.6 is 23.2 Å². The van der Waals surface area contributed by atoms with Crippen molar-refractivity contribution in [3.8, 4) is 0 Å². The van der Waals surface area contributed by atoms with Crippen molar-refractivity contribution in [3.05, 3.63) is 69.2 Å². The molecule has 0 aliphatic carbocycles. The fraction of sp³-hybridized carbons (Fsp3) is 0.480. The average Bonchev–Trinajstić information content (AvgIpc) is 2.73. The Kier molecular flexibility index (Phi) is 12.1. The fourth-order valence-electron chi connectivity index (χ4n) is 3.40. The third-order valence-corrected chi connectivity index (χ3v) is 5.54. The van der Waals surface area contributed by atoms with Crippen LogP contribution in [0.1, 0.15) is 56.2 Å². The summed E-state index contributed by atoms with van der Waals surface area (Å²) in [5, 5.41) is 4.82. The van der Waals surface area contributed by atoms with E-state index in [4.69, 9.17) is 23.2 Å². The van der Waals surface area contributed by atoms with Crippen molar-refractivity contribution in [2.24, 2.45) is 4.99 Å². The van der Waals surface area contributed by atoms with Crippen molar-refractivity contribution in [1.29, 1.82) is 0 Å². The first-order valence-electron chi connectivity index (χ1n) is 11.1. The Bertz CT molecular complexity index is 753. The molecule has 3 nitrogen and oxygen atoms in total. The monoisotopic (exact) mass is 447 g/mol. The van der Waals surface area contributed by atoms with Crippen LogP contribution < -0.4 is 5.32 Å². The molecule has 30 heavy (non-hydrogen) atoms. The second kappa shape index (κ2) is 14.6. The van der Waals surface area contributed by atoms with Crippen LogP contribution in [-0.2, 0) is 13.1 Å². The predicted octanol–water partition coefficient (Wildman–Crippen LogP) is 6.60. The van der Waals surface area contributed by atoms with Crippen LogP contribution in [0.4, 0.5) is 0 Å². The van der Waals surface area contributed by atoms with Crippen LogP contribution in [0.2, 0.25) is 10.0 Å². The molecule has 0 aromatic heterocycles. The van der Waals surface area contributed by atoms with Gasteiger partial charge in [-0.3, -0.25) is 4.99 Å². The highest BCUT2D eigenvalue weighted by atomic mass is 35.5. The Labute approximate surface area is 192 Å². The van der Waals surface area contributed by atoms with E-state index in [0.717, 1.165) is 18.7 Å². The van der Waals surface area contributed by atoms with Gasteiger partial charge in [-0.25, -0.2) is 0 Å². The summed E-state index contributed by atoms with van der Waals surface area (Å²) in [6.07, 6.45) is 6.78. The second-order valence-electron chi connectivity index (χ2n) is 7.68. The first-order chi connectivity index (χ1) is 14.6. The zero-order chi connectivity index (χ0) is 21.6. The number of unbranched alkanes of at least 4 members (excludes halogenated alkanes) is 1. The van der Waals surface area contributed by atoms with E-state index in [1.165, 1.54) is 56.4 Å². The van der Waals surface area contributed by atoms with Crippen LogP contribution in [0.15, 0.2) is 47.5 Å². The van der Waals surface area contributed by atoms with Gasteiger partial charge in [0.25, 0.3) is 0 Å². The van der Waals surface area contributed by atoms with Crippen molar-refractivity contribution < 1.29 is 0 Å². The topological polar surface area (TPSA) is 27.6 Å². The Morgan fingerprint density at radius 2 is 1.60 bits per heavy atom. The highest BCUT2D eigenvalue weighted by Crippen LogP contribution is 2.19. The van der Waals surface area contributed by atoms with Gasteiger partial charge in [-0.05, 0) is 75.1 Å². The maximum absolute atomic E-state index is 6.17. The molecule has 0 spiro atoms. The molecule has 0 amide bonds. The molecule has 0 aliphatic rings. The SMILES string of the molecule is CCCN(CCC)CCCCNCc1ccc(CN=Cc2ccc(Cl)cc2Cl)cc1. The lowest BCUT2D eigenvalue weighted by molar-refractivity contribution is 0.268. The van der Waals surface area contributed by atoms with Gasteiger partial charge in [0, 0.05) is 23.3 Å². The van der Waals surface area contributed by atoms with E-state index in [1.54, 1.807) is 12.3 Å². The number of hydrogen-bond acceptors (Lipinski definition) is 3. The molecule has 0 aliphatic heterocycles. The highest BCUT2D eigenvalue weighted by Gasteiger charge is 2.02. The summed E-state index contributed by atoms with van der Waals surface area (Å²) in [6, 6.07) is 14.1.